The van der Waals surface area contributed by atoms with E-state index in [1.165, 1.54) is 0 Å². The summed E-state index contributed by atoms with van der Waals surface area (Å²) in [5.74, 6) is 0.741. The molecule has 1 aromatic rings. The molecule has 0 bridgehead atoms. The highest BCUT2D eigenvalue weighted by Crippen LogP contribution is 2.24. The van der Waals surface area contributed by atoms with Crippen molar-refractivity contribution in [3.8, 4) is 0 Å². The van der Waals surface area contributed by atoms with Gasteiger partial charge in [0.05, 0.1) is 29.3 Å². The molecule has 0 aliphatic carbocycles. The van der Waals surface area contributed by atoms with Crippen molar-refractivity contribution in [1.82, 2.24) is 14.9 Å². The standard InChI is InChI=1S/C13H19N3O3S/c1-2-13-14-5-9-3-4-16(6-10(9)15-13)11-7-20(18,19)8-12(11)17/h5,11-12,17H,2-4,6-8H2,1H3/t11-,12-/m1/s1. The summed E-state index contributed by atoms with van der Waals surface area (Å²) in [6, 6.07) is -0.298. The van der Waals surface area contributed by atoms with E-state index in [1.807, 2.05) is 18.0 Å². The molecule has 2 atom stereocenters. The molecule has 6 nitrogen and oxygen atoms in total. The number of sulfone groups is 1. The van der Waals surface area contributed by atoms with Crippen LogP contribution in [0.25, 0.3) is 0 Å². The average Bonchev–Trinajstić information content (AvgIpc) is 2.70. The first-order valence-electron chi connectivity index (χ1n) is 6.94. The second-order valence-corrected chi connectivity index (χ2v) is 7.70. The van der Waals surface area contributed by atoms with E-state index in [2.05, 4.69) is 9.97 Å². The molecule has 2 aliphatic rings. The highest BCUT2D eigenvalue weighted by atomic mass is 32.2. The van der Waals surface area contributed by atoms with Crippen molar-refractivity contribution < 1.29 is 13.5 Å². The molecule has 1 saturated heterocycles. The van der Waals surface area contributed by atoms with Gasteiger partial charge in [0, 0.05) is 25.7 Å². The SMILES string of the molecule is CCc1ncc2c(n1)CN([C@@H]1CS(=O)(=O)C[C@H]1O)CC2. The van der Waals surface area contributed by atoms with E-state index in [-0.39, 0.29) is 17.5 Å². The van der Waals surface area contributed by atoms with Crippen molar-refractivity contribution in [3.63, 3.8) is 0 Å². The molecule has 1 fully saturated rings. The Kier molecular flexibility index (Phi) is 3.51. The van der Waals surface area contributed by atoms with Gasteiger partial charge in [-0.05, 0) is 12.0 Å². The summed E-state index contributed by atoms with van der Waals surface area (Å²) in [6.07, 6.45) is 2.69. The number of rotatable bonds is 2. The van der Waals surface area contributed by atoms with Gasteiger partial charge in [-0.2, -0.15) is 0 Å². The third-order valence-electron chi connectivity index (χ3n) is 4.10. The first-order valence-corrected chi connectivity index (χ1v) is 8.77. The van der Waals surface area contributed by atoms with Crippen LogP contribution in [0.5, 0.6) is 0 Å². The van der Waals surface area contributed by atoms with Gasteiger partial charge in [0.1, 0.15) is 5.82 Å². The van der Waals surface area contributed by atoms with Gasteiger partial charge >= 0.3 is 0 Å². The molecule has 0 amide bonds. The molecule has 2 aliphatic heterocycles. The lowest BCUT2D eigenvalue weighted by atomic mass is 10.0. The van der Waals surface area contributed by atoms with Crippen LogP contribution in [0.4, 0.5) is 0 Å². The zero-order chi connectivity index (χ0) is 14.3. The summed E-state index contributed by atoms with van der Waals surface area (Å²) in [6.45, 7) is 3.36. The number of hydrogen-bond donors (Lipinski definition) is 1. The second kappa shape index (κ2) is 5.05. The van der Waals surface area contributed by atoms with Crippen molar-refractivity contribution in [2.45, 2.75) is 38.5 Å². The first-order chi connectivity index (χ1) is 9.48. The minimum atomic E-state index is -3.11. The minimum Gasteiger partial charge on any atom is -0.390 e. The van der Waals surface area contributed by atoms with Crippen LogP contribution in [0.1, 0.15) is 24.0 Å². The zero-order valence-corrected chi connectivity index (χ0v) is 12.3. The molecule has 110 valence electrons. The molecule has 1 N–H and O–H groups in total. The van der Waals surface area contributed by atoms with E-state index in [0.717, 1.165) is 36.5 Å². The Labute approximate surface area is 118 Å². The van der Waals surface area contributed by atoms with Gasteiger partial charge in [0.25, 0.3) is 0 Å². The van der Waals surface area contributed by atoms with Gasteiger partial charge in [-0.1, -0.05) is 6.92 Å². The average molecular weight is 297 g/mol. The van der Waals surface area contributed by atoms with E-state index in [9.17, 15) is 13.5 Å². The molecule has 20 heavy (non-hydrogen) atoms. The van der Waals surface area contributed by atoms with Crippen molar-refractivity contribution in [3.05, 3.63) is 23.3 Å². The Balaban J connectivity index is 1.81. The van der Waals surface area contributed by atoms with Gasteiger partial charge < -0.3 is 5.11 Å². The summed E-state index contributed by atoms with van der Waals surface area (Å²) in [4.78, 5) is 10.9. The van der Waals surface area contributed by atoms with E-state index < -0.39 is 15.9 Å². The summed E-state index contributed by atoms with van der Waals surface area (Å²) in [5, 5.41) is 9.97. The quantitative estimate of drug-likeness (QED) is 0.796. The normalized spacial score (nSPS) is 29.3. The van der Waals surface area contributed by atoms with E-state index in [0.29, 0.717) is 6.54 Å². The number of aromatic nitrogens is 2. The molecular formula is C13H19N3O3S. The molecule has 0 spiro atoms. The Morgan fingerprint density at radius 1 is 1.45 bits per heavy atom. The summed E-state index contributed by atoms with van der Waals surface area (Å²) in [7, 11) is -3.11. The van der Waals surface area contributed by atoms with Gasteiger partial charge in [0.2, 0.25) is 0 Å². The molecule has 0 unspecified atom stereocenters. The summed E-state index contributed by atoms with van der Waals surface area (Å²) in [5.41, 5.74) is 2.10. The maximum absolute atomic E-state index is 11.6. The molecule has 0 aromatic carbocycles. The predicted molar refractivity (Wildman–Crippen MR) is 74.0 cm³/mol. The lowest BCUT2D eigenvalue weighted by Crippen LogP contribution is -2.45. The van der Waals surface area contributed by atoms with Crippen LogP contribution < -0.4 is 0 Å². The van der Waals surface area contributed by atoms with Gasteiger partial charge in [-0.25, -0.2) is 18.4 Å². The highest BCUT2D eigenvalue weighted by Gasteiger charge is 2.40. The smallest absolute Gasteiger partial charge is 0.154 e. The lowest BCUT2D eigenvalue weighted by molar-refractivity contribution is 0.0735. The number of aryl methyl sites for hydroxylation is 1. The largest absolute Gasteiger partial charge is 0.390 e. The number of aliphatic hydroxyl groups excluding tert-OH is 1. The van der Waals surface area contributed by atoms with Crippen LogP contribution in [-0.4, -0.2) is 58.6 Å². The van der Waals surface area contributed by atoms with E-state index in [1.54, 1.807) is 0 Å². The van der Waals surface area contributed by atoms with Crippen molar-refractivity contribution in [1.29, 1.82) is 0 Å². The summed E-state index contributed by atoms with van der Waals surface area (Å²) < 4.78 is 23.3. The van der Waals surface area contributed by atoms with Crippen LogP contribution in [0.3, 0.4) is 0 Å². The van der Waals surface area contributed by atoms with Crippen LogP contribution in [-0.2, 0) is 29.2 Å². The molecule has 0 saturated carbocycles. The Bertz CT molecular complexity index is 617. The van der Waals surface area contributed by atoms with E-state index in [4.69, 9.17) is 0 Å². The fourth-order valence-electron chi connectivity index (χ4n) is 2.98. The number of fused-ring (bicyclic) bond motifs is 1. The minimum absolute atomic E-state index is 0.0508. The first kappa shape index (κ1) is 13.9. The van der Waals surface area contributed by atoms with Gasteiger partial charge in [-0.15, -0.1) is 0 Å². The fraction of sp³-hybridized carbons (Fsp3) is 0.692. The van der Waals surface area contributed by atoms with Crippen molar-refractivity contribution >= 4 is 9.84 Å². The van der Waals surface area contributed by atoms with Crippen molar-refractivity contribution in [2.24, 2.45) is 0 Å². The maximum Gasteiger partial charge on any atom is 0.154 e. The Morgan fingerprint density at radius 2 is 2.25 bits per heavy atom. The molecule has 0 radical (unpaired) electrons. The summed E-state index contributed by atoms with van der Waals surface area (Å²) >= 11 is 0. The third kappa shape index (κ3) is 2.57. The molecule has 3 rings (SSSR count). The molecule has 7 heteroatoms. The molecule has 1 aromatic heterocycles. The zero-order valence-electron chi connectivity index (χ0n) is 11.5. The van der Waals surface area contributed by atoms with Crippen LogP contribution in [0, 0.1) is 0 Å². The fourth-order valence-corrected chi connectivity index (χ4v) is 4.81. The maximum atomic E-state index is 11.6. The number of nitrogens with zero attached hydrogens (tertiary/aromatic N) is 3. The topological polar surface area (TPSA) is 83.4 Å². The second-order valence-electron chi connectivity index (χ2n) is 5.54. The third-order valence-corrected chi connectivity index (χ3v) is 5.80. The monoisotopic (exact) mass is 297 g/mol. The molecule has 3 heterocycles. The molecular weight excluding hydrogens is 278 g/mol. The van der Waals surface area contributed by atoms with E-state index >= 15 is 0 Å². The Morgan fingerprint density at radius 3 is 2.90 bits per heavy atom. The Hall–Kier alpha value is -1.05. The van der Waals surface area contributed by atoms with Gasteiger partial charge in [0.15, 0.2) is 9.84 Å². The van der Waals surface area contributed by atoms with Gasteiger partial charge in [-0.3, -0.25) is 4.90 Å². The van der Waals surface area contributed by atoms with Crippen molar-refractivity contribution in [2.75, 3.05) is 18.1 Å². The van der Waals surface area contributed by atoms with Crippen LogP contribution in [0.2, 0.25) is 0 Å². The highest BCUT2D eigenvalue weighted by molar-refractivity contribution is 7.91. The van der Waals surface area contributed by atoms with Crippen LogP contribution >= 0.6 is 0 Å². The predicted octanol–water partition coefficient (Wildman–Crippen LogP) is -0.445. The number of aliphatic hydroxyl groups is 1. The number of hydrogen-bond acceptors (Lipinski definition) is 6. The van der Waals surface area contributed by atoms with Crippen LogP contribution in [0.15, 0.2) is 6.20 Å². The lowest BCUT2D eigenvalue weighted by Gasteiger charge is -2.33.